The fourth-order valence-corrected chi connectivity index (χ4v) is 4.15. The van der Waals surface area contributed by atoms with E-state index in [9.17, 15) is 39.5 Å². The van der Waals surface area contributed by atoms with Gasteiger partial charge in [0.2, 0.25) is 0 Å². The van der Waals surface area contributed by atoms with Gasteiger partial charge in [0.15, 0.2) is 0 Å². The molecule has 3 heterocycles. The number of likely N-dealkylation sites (tertiary alicyclic amines) is 1. The molecule has 43 heavy (non-hydrogen) atoms. The van der Waals surface area contributed by atoms with Gasteiger partial charge in [-0.3, -0.25) is 14.8 Å². The van der Waals surface area contributed by atoms with Crippen molar-refractivity contribution in [2.24, 2.45) is 5.92 Å². The maximum Gasteiger partial charge on any atom is 0.490 e. The first-order valence-corrected chi connectivity index (χ1v) is 12.5. The molecule has 1 saturated carbocycles. The van der Waals surface area contributed by atoms with Crippen LogP contribution in [0.2, 0.25) is 0 Å². The van der Waals surface area contributed by atoms with Crippen molar-refractivity contribution < 1.29 is 74.0 Å². The van der Waals surface area contributed by atoms with E-state index >= 15 is 0 Å². The van der Waals surface area contributed by atoms with Gasteiger partial charge in [0.25, 0.3) is 0 Å². The van der Waals surface area contributed by atoms with E-state index in [1.807, 2.05) is 18.5 Å². The predicted molar refractivity (Wildman–Crippen MR) is 128 cm³/mol. The molecule has 0 spiro atoms. The number of pyridine rings is 1. The highest BCUT2D eigenvalue weighted by Gasteiger charge is 2.46. The van der Waals surface area contributed by atoms with E-state index < -0.39 is 36.4 Å². The lowest BCUT2D eigenvalue weighted by molar-refractivity contribution is -0.193. The maximum atomic E-state index is 10.6. The number of carbonyl (C=O) groups is 3. The first kappa shape index (κ1) is 37.8. The molecule has 3 atom stereocenters. The average Bonchev–Trinajstić information content (AvgIpc) is 3.63. The predicted octanol–water partition coefficient (Wildman–Crippen LogP) is 4.06. The van der Waals surface area contributed by atoms with E-state index in [0.717, 1.165) is 19.1 Å². The van der Waals surface area contributed by atoms with Crippen molar-refractivity contribution in [3.8, 4) is 0 Å². The summed E-state index contributed by atoms with van der Waals surface area (Å²) in [5, 5.41) is 21.4. The molecule has 3 fully saturated rings. The minimum absolute atomic E-state index is 0.397. The molecule has 1 aromatic heterocycles. The Kier molecular flexibility index (Phi) is 14.1. The summed E-state index contributed by atoms with van der Waals surface area (Å²) in [6.45, 7) is 4.36. The second-order valence-electron chi connectivity index (χ2n) is 9.69. The quantitative estimate of drug-likeness (QED) is 0.403. The molecule has 246 valence electrons. The number of carboxylic acid groups (broad SMARTS) is 3. The molecule has 0 unspecified atom stereocenters. The lowest BCUT2D eigenvalue weighted by Gasteiger charge is -2.34. The third-order valence-electron chi connectivity index (χ3n) is 6.24. The van der Waals surface area contributed by atoms with Gasteiger partial charge in [-0.15, -0.1) is 0 Å². The molecule has 2 aliphatic heterocycles. The van der Waals surface area contributed by atoms with Crippen molar-refractivity contribution in [3.05, 3.63) is 30.1 Å². The number of nitrogens with zero attached hydrogens (tertiary/aromatic N) is 3. The Morgan fingerprint density at radius 2 is 1.42 bits per heavy atom. The number of aliphatic carboxylic acids is 3. The van der Waals surface area contributed by atoms with Crippen LogP contribution in [0.25, 0.3) is 0 Å². The molecule has 1 aliphatic carbocycles. The minimum Gasteiger partial charge on any atom is -0.475 e. The topological polar surface area (TPSA) is 140 Å². The molecular weight excluding hydrogens is 613 g/mol. The summed E-state index contributed by atoms with van der Waals surface area (Å²) >= 11 is 0. The number of aromatic nitrogens is 1. The van der Waals surface area contributed by atoms with Crippen molar-refractivity contribution in [1.82, 2.24) is 14.8 Å². The van der Waals surface area contributed by atoms with Crippen LogP contribution < -0.4 is 0 Å². The Morgan fingerprint density at radius 3 is 1.81 bits per heavy atom. The molecule has 19 heteroatoms. The van der Waals surface area contributed by atoms with E-state index in [0.29, 0.717) is 18.2 Å². The highest BCUT2D eigenvalue weighted by atomic mass is 19.4. The van der Waals surface area contributed by atoms with Crippen LogP contribution in [0.3, 0.4) is 0 Å². The van der Waals surface area contributed by atoms with E-state index in [2.05, 4.69) is 27.9 Å². The first-order chi connectivity index (χ1) is 19.6. The van der Waals surface area contributed by atoms with E-state index in [-0.39, 0.29) is 0 Å². The summed E-state index contributed by atoms with van der Waals surface area (Å²) in [5.41, 5.74) is 1.29. The van der Waals surface area contributed by atoms with Crippen LogP contribution in [0.1, 0.15) is 31.2 Å². The molecule has 2 saturated heterocycles. The number of ether oxygens (including phenoxy) is 1. The fourth-order valence-electron chi connectivity index (χ4n) is 4.15. The van der Waals surface area contributed by atoms with Crippen LogP contribution in [0.4, 0.5) is 39.5 Å². The second kappa shape index (κ2) is 16.0. The fraction of sp³-hybridized carbons (Fsp3) is 0.667. The average molecular weight is 644 g/mol. The summed E-state index contributed by atoms with van der Waals surface area (Å²) < 4.78 is 101. The van der Waals surface area contributed by atoms with E-state index in [1.165, 1.54) is 44.3 Å². The molecule has 1 aromatic rings. The summed E-state index contributed by atoms with van der Waals surface area (Å²) in [6.07, 6.45) is -5.62. The van der Waals surface area contributed by atoms with Crippen LogP contribution in [0.5, 0.6) is 0 Å². The lowest BCUT2D eigenvalue weighted by Crippen LogP contribution is -2.46. The van der Waals surface area contributed by atoms with Gasteiger partial charge >= 0.3 is 36.4 Å². The third-order valence-corrected chi connectivity index (χ3v) is 6.24. The number of carboxylic acids is 3. The molecule has 0 radical (unpaired) electrons. The number of likely N-dealkylation sites (N-methyl/N-ethyl adjacent to an activating group) is 1. The largest absolute Gasteiger partial charge is 0.490 e. The van der Waals surface area contributed by atoms with Crippen LogP contribution in [0, 0.1) is 5.92 Å². The Hall–Kier alpha value is -3.19. The van der Waals surface area contributed by atoms with Gasteiger partial charge in [-0.25, -0.2) is 14.4 Å². The van der Waals surface area contributed by atoms with Gasteiger partial charge in [-0.1, -0.05) is 6.07 Å². The van der Waals surface area contributed by atoms with E-state index in [4.69, 9.17) is 34.4 Å². The van der Waals surface area contributed by atoms with Gasteiger partial charge in [-0.2, -0.15) is 39.5 Å². The monoisotopic (exact) mass is 643 g/mol. The first-order valence-electron chi connectivity index (χ1n) is 12.5. The van der Waals surface area contributed by atoms with Gasteiger partial charge < -0.3 is 20.1 Å². The third kappa shape index (κ3) is 14.2. The minimum atomic E-state index is -5.08. The Bertz CT molecular complexity index is 979. The van der Waals surface area contributed by atoms with Crippen molar-refractivity contribution in [2.45, 2.75) is 68.9 Å². The van der Waals surface area contributed by atoms with Crippen molar-refractivity contribution in [3.63, 3.8) is 0 Å². The normalized spacial score (nSPS) is 22.1. The number of halogens is 9. The summed E-state index contributed by atoms with van der Waals surface area (Å²) in [4.78, 5) is 36.1. The zero-order valence-corrected chi connectivity index (χ0v) is 22.5. The number of alkyl halides is 9. The zero-order valence-electron chi connectivity index (χ0n) is 22.5. The standard InChI is InChI=1S/C18H27N3O.3C2HF3O2/c1-20(11-15-4-2-8-19-10-15)17-13-21(12-14-6-7-14)16-5-3-9-22-18(16)17;3*3-2(4,5)1(6)7/h2,4,8,10,14,16-18H,3,5-7,9,11-13H2,1H3;3*(H,6,7)/t16-,17-,18+;;;/m1.../s1. The summed E-state index contributed by atoms with van der Waals surface area (Å²) in [6, 6.07) is 5.36. The Balaban J connectivity index is 0.000000363. The van der Waals surface area contributed by atoms with Crippen molar-refractivity contribution in [1.29, 1.82) is 0 Å². The molecule has 0 amide bonds. The molecular formula is C24H30F9N3O7. The number of hydrogen-bond donors (Lipinski definition) is 3. The molecule has 3 N–H and O–H groups in total. The zero-order chi connectivity index (χ0) is 33.2. The van der Waals surface area contributed by atoms with Crippen molar-refractivity contribution in [2.75, 3.05) is 26.7 Å². The Labute approximate surface area is 239 Å². The van der Waals surface area contributed by atoms with Crippen LogP contribution in [0.15, 0.2) is 24.5 Å². The van der Waals surface area contributed by atoms with Gasteiger partial charge in [0.05, 0.1) is 12.1 Å². The van der Waals surface area contributed by atoms with Crippen molar-refractivity contribution >= 4 is 17.9 Å². The maximum absolute atomic E-state index is 10.6. The highest BCUT2D eigenvalue weighted by Crippen LogP contribution is 2.37. The summed E-state index contributed by atoms with van der Waals surface area (Å²) in [5.74, 6) is -7.31. The van der Waals surface area contributed by atoms with Gasteiger partial charge in [-0.05, 0) is 50.3 Å². The molecule has 0 aromatic carbocycles. The highest BCUT2D eigenvalue weighted by molar-refractivity contribution is 5.73. The van der Waals surface area contributed by atoms with Crippen LogP contribution in [-0.2, 0) is 25.7 Å². The molecule has 10 nitrogen and oxygen atoms in total. The molecule has 4 rings (SSSR count). The van der Waals surface area contributed by atoms with E-state index in [1.54, 1.807) is 0 Å². The lowest BCUT2D eigenvalue weighted by atomic mass is 10.00. The van der Waals surface area contributed by atoms with Crippen LogP contribution in [-0.4, -0.2) is 111 Å². The number of rotatable bonds is 5. The number of fused-ring (bicyclic) bond motifs is 1. The smallest absolute Gasteiger partial charge is 0.475 e. The van der Waals surface area contributed by atoms with Gasteiger partial charge in [0, 0.05) is 44.7 Å². The SMILES string of the molecule is CN(Cc1cccnc1)[C@@H]1CN(CC2CC2)[C@@H]2CCCO[C@H]12.O=C(O)C(F)(F)F.O=C(O)C(F)(F)F.O=C(O)C(F)(F)F. The molecule has 3 aliphatic rings. The van der Waals surface area contributed by atoms with Crippen LogP contribution >= 0.6 is 0 Å². The van der Waals surface area contributed by atoms with Gasteiger partial charge in [0.1, 0.15) is 0 Å². The summed E-state index contributed by atoms with van der Waals surface area (Å²) in [7, 11) is 2.24. The second-order valence-corrected chi connectivity index (χ2v) is 9.69. The molecule has 0 bridgehead atoms. The number of hydrogen-bond acceptors (Lipinski definition) is 7. The Morgan fingerprint density at radius 1 is 0.930 bits per heavy atom.